The van der Waals surface area contributed by atoms with E-state index in [0.717, 1.165) is 54.6 Å². The Hall–Kier alpha value is -1.96. The van der Waals surface area contributed by atoms with Gasteiger partial charge in [0, 0.05) is 18.4 Å². The molecule has 0 radical (unpaired) electrons. The zero-order valence-corrected chi connectivity index (χ0v) is 20.7. The third kappa shape index (κ3) is 4.16. The van der Waals surface area contributed by atoms with Gasteiger partial charge in [-0.25, -0.2) is 4.90 Å². The van der Waals surface area contributed by atoms with Crippen molar-refractivity contribution in [2.45, 2.75) is 56.9 Å². The lowest BCUT2D eigenvalue weighted by Crippen LogP contribution is -2.58. The number of unbranched alkanes of at least 4 members (excludes halogenated alkanes) is 3. The van der Waals surface area contributed by atoms with Crippen molar-refractivity contribution < 1.29 is 27.5 Å². The third-order valence-electron chi connectivity index (χ3n) is 7.21. The number of fused-ring (bicyclic) bond motifs is 5. The van der Waals surface area contributed by atoms with Crippen LogP contribution in [0.3, 0.4) is 0 Å². The smallest absolute Gasteiger partial charge is 0.365 e. The zero-order chi connectivity index (χ0) is 24.9. The number of benzene rings is 1. The number of nitriles is 1. The van der Waals surface area contributed by atoms with Gasteiger partial charge < -0.3 is 4.74 Å². The van der Waals surface area contributed by atoms with Gasteiger partial charge in [0.2, 0.25) is 11.8 Å². The predicted molar refractivity (Wildman–Crippen MR) is 122 cm³/mol. The molecule has 3 saturated heterocycles. The first-order valence-corrected chi connectivity index (χ1v) is 12.5. The Morgan fingerprint density at radius 2 is 1.68 bits per heavy atom. The molecule has 3 aliphatic rings. The summed E-state index contributed by atoms with van der Waals surface area (Å²) in [6, 6.07) is 4.47. The summed E-state index contributed by atoms with van der Waals surface area (Å²) in [4.78, 5) is 30.1. The van der Waals surface area contributed by atoms with Crippen LogP contribution in [-0.4, -0.2) is 52.9 Å². The average Bonchev–Trinajstić information content (AvgIpc) is 3.12. The van der Waals surface area contributed by atoms with E-state index in [2.05, 4.69) is 20.8 Å². The molecule has 1 aromatic carbocycles. The second-order valence-electron chi connectivity index (χ2n) is 9.85. The van der Waals surface area contributed by atoms with Crippen molar-refractivity contribution in [3.8, 4) is 6.07 Å². The van der Waals surface area contributed by atoms with Crippen LogP contribution in [0.2, 0.25) is 0 Å². The van der Waals surface area contributed by atoms with Crippen LogP contribution in [0.5, 0.6) is 0 Å². The lowest BCUT2D eigenvalue weighted by atomic mass is 9.79. The summed E-state index contributed by atoms with van der Waals surface area (Å²) in [5.74, 6) is -2.63. The second kappa shape index (κ2) is 8.92. The maximum absolute atomic E-state index is 13.5. The van der Waals surface area contributed by atoms with Crippen LogP contribution in [-0.2, 0) is 20.5 Å². The highest BCUT2D eigenvalue weighted by atomic mass is 79.9. The van der Waals surface area contributed by atoms with Crippen molar-refractivity contribution in [1.82, 2.24) is 4.90 Å². The van der Waals surface area contributed by atoms with E-state index in [-0.39, 0.29) is 5.69 Å². The van der Waals surface area contributed by atoms with Gasteiger partial charge in [-0.3, -0.25) is 14.5 Å². The van der Waals surface area contributed by atoms with Crippen LogP contribution in [0.4, 0.5) is 18.9 Å². The van der Waals surface area contributed by atoms with Crippen LogP contribution in [0.15, 0.2) is 18.2 Å². The molecule has 4 rings (SSSR count). The molecule has 2 amide bonds. The lowest BCUT2D eigenvalue weighted by Gasteiger charge is -2.45. The number of ether oxygens (including phenoxy) is 1. The number of carbonyl (C=O) groups is 2. The van der Waals surface area contributed by atoms with Crippen LogP contribution >= 0.6 is 15.9 Å². The van der Waals surface area contributed by atoms with Crippen molar-refractivity contribution >= 4 is 33.4 Å². The summed E-state index contributed by atoms with van der Waals surface area (Å²) in [5.41, 5.74) is -3.70. The van der Waals surface area contributed by atoms with E-state index in [1.54, 1.807) is 0 Å². The van der Waals surface area contributed by atoms with E-state index in [0.29, 0.717) is 13.1 Å². The summed E-state index contributed by atoms with van der Waals surface area (Å²) in [6.45, 7) is 5.45. The molecule has 184 valence electrons. The maximum atomic E-state index is 13.5. The number of alkyl halides is 4. The third-order valence-corrected chi connectivity index (χ3v) is 7.77. The molecule has 0 spiro atoms. The zero-order valence-electron chi connectivity index (χ0n) is 19.1. The quantitative estimate of drug-likeness (QED) is 0.288. The Morgan fingerprint density at radius 1 is 1.09 bits per heavy atom. The molecule has 0 unspecified atom stereocenters. The standard InChI is InChI=1S/C24H27BrF3N3O3/c1-22-13-30(10-6-4-3-5-9-25)14-23(2,34-22)19-18(22)20(32)31(21(19)33)16-8-7-15(12-29)17(11-16)24(26,27)28/h7-8,11,18-19H,3-6,9-10,13-14H2,1-2H3/t18-,19+,22+,23-. The van der Waals surface area contributed by atoms with Crippen LogP contribution < -0.4 is 4.90 Å². The average molecular weight is 542 g/mol. The molecule has 6 nitrogen and oxygen atoms in total. The molecule has 2 bridgehead atoms. The number of likely N-dealkylation sites (tertiary alicyclic amines) is 1. The molecule has 10 heteroatoms. The number of hydrogen-bond acceptors (Lipinski definition) is 5. The minimum absolute atomic E-state index is 0.162. The number of morpholine rings is 1. The van der Waals surface area contributed by atoms with Gasteiger partial charge in [0.25, 0.3) is 0 Å². The van der Waals surface area contributed by atoms with Crippen molar-refractivity contribution in [3.63, 3.8) is 0 Å². The van der Waals surface area contributed by atoms with Gasteiger partial charge in [0.15, 0.2) is 0 Å². The maximum Gasteiger partial charge on any atom is 0.417 e. The summed E-state index contributed by atoms with van der Waals surface area (Å²) in [7, 11) is 0. The fourth-order valence-electron chi connectivity index (χ4n) is 5.96. The molecule has 3 fully saturated rings. The highest BCUT2D eigenvalue weighted by Gasteiger charge is 2.71. The minimum Gasteiger partial charge on any atom is -0.365 e. The van der Waals surface area contributed by atoms with Crippen molar-refractivity contribution in [2.75, 3.05) is 29.9 Å². The Kier molecular flexibility index (Phi) is 6.60. The predicted octanol–water partition coefficient (Wildman–Crippen LogP) is 4.50. The van der Waals surface area contributed by atoms with Gasteiger partial charge in [-0.05, 0) is 51.4 Å². The lowest BCUT2D eigenvalue weighted by molar-refractivity contribution is -0.169. The first-order chi connectivity index (χ1) is 15.9. The second-order valence-corrected chi connectivity index (χ2v) is 10.6. The summed E-state index contributed by atoms with van der Waals surface area (Å²) < 4.78 is 46.8. The van der Waals surface area contributed by atoms with E-state index in [1.807, 2.05) is 13.8 Å². The van der Waals surface area contributed by atoms with Gasteiger partial charge >= 0.3 is 6.18 Å². The number of imide groups is 1. The van der Waals surface area contributed by atoms with Gasteiger partial charge in [0.05, 0.1) is 45.9 Å². The van der Waals surface area contributed by atoms with Gasteiger partial charge in [-0.2, -0.15) is 18.4 Å². The molecular weight excluding hydrogens is 515 g/mol. The number of amides is 2. The molecule has 0 saturated carbocycles. The van der Waals surface area contributed by atoms with E-state index in [9.17, 15) is 22.8 Å². The number of hydrogen-bond donors (Lipinski definition) is 0. The van der Waals surface area contributed by atoms with Crippen molar-refractivity contribution in [1.29, 1.82) is 5.26 Å². The molecule has 0 aliphatic carbocycles. The monoisotopic (exact) mass is 541 g/mol. The Balaban J connectivity index is 1.59. The molecule has 0 aromatic heterocycles. The van der Waals surface area contributed by atoms with E-state index >= 15 is 0 Å². The molecule has 1 aromatic rings. The number of halogens is 4. The largest absolute Gasteiger partial charge is 0.417 e. The SMILES string of the molecule is C[C@]12CN(CCCCCCBr)C[C@](C)(O1)[C@H]1C(=O)N(c3ccc(C#N)c(C(F)(F)F)c3)C(=O)[C@H]12. The Labute approximate surface area is 205 Å². The number of carbonyl (C=O) groups excluding carboxylic acids is 2. The number of rotatable bonds is 7. The number of anilines is 1. The molecule has 34 heavy (non-hydrogen) atoms. The fourth-order valence-corrected chi connectivity index (χ4v) is 6.36. The molecule has 4 atom stereocenters. The summed E-state index contributed by atoms with van der Waals surface area (Å²) in [6.07, 6.45) is -0.433. The normalized spacial score (nSPS) is 31.1. The molecular formula is C24H27BrF3N3O3. The molecule has 0 N–H and O–H groups in total. The molecule has 3 aliphatic heterocycles. The minimum atomic E-state index is -4.78. The van der Waals surface area contributed by atoms with Crippen molar-refractivity contribution in [3.05, 3.63) is 29.3 Å². The van der Waals surface area contributed by atoms with Crippen molar-refractivity contribution in [2.24, 2.45) is 11.8 Å². The topological polar surface area (TPSA) is 73.6 Å². The van der Waals surface area contributed by atoms with Gasteiger partial charge in [-0.15, -0.1) is 0 Å². The Bertz CT molecular complexity index is 1010. The van der Waals surface area contributed by atoms with Crippen LogP contribution in [0, 0.1) is 23.2 Å². The number of nitrogens with zero attached hydrogens (tertiary/aromatic N) is 3. The van der Waals surface area contributed by atoms with Crippen LogP contribution in [0.25, 0.3) is 0 Å². The first-order valence-electron chi connectivity index (χ1n) is 11.4. The van der Waals surface area contributed by atoms with E-state index < -0.39 is 52.2 Å². The summed E-state index contributed by atoms with van der Waals surface area (Å²) in [5, 5.41) is 10.0. The van der Waals surface area contributed by atoms with E-state index in [1.165, 1.54) is 12.1 Å². The fraction of sp³-hybridized carbons (Fsp3) is 0.625. The van der Waals surface area contributed by atoms with Crippen LogP contribution in [0.1, 0.15) is 50.7 Å². The van der Waals surface area contributed by atoms with Gasteiger partial charge in [0.1, 0.15) is 0 Å². The summed E-state index contributed by atoms with van der Waals surface area (Å²) >= 11 is 3.43. The Morgan fingerprint density at radius 3 is 2.21 bits per heavy atom. The highest BCUT2D eigenvalue weighted by molar-refractivity contribution is 9.09. The highest BCUT2D eigenvalue weighted by Crippen LogP contribution is 2.55. The van der Waals surface area contributed by atoms with Gasteiger partial charge in [-0.1, -0.05) is 28.8 Å². The van der Waals surface area contributed by atoms with E-state index in [4.69, 9.17) is 10.00 Å². The molecule has 3 heterocycles. The first kappa shape index (κ1) is 25.1.